The Bertz CT molecular complexity index is 699. The van der Waals surface area contributed by atoms with E-state index in [4.69, 9.17) is 95.4 Å². The number of carbonyl (C=O) groups is 1. The van der Waals surface area contributed by atoms with Crippen molar-refractivity contribution in [3.8, 4) is 11.5 Å². The zero-order valence-corrected chi connectivity index (χ0v) is 24.6. The van der Waals surface area contributed by atoms with Gasteiger partial charge in [0.1, 0.15) is 22.4 Å². The van der Waals surface area contributed by atoms with Gasteiger partial charge in [0, 0.05) is 18.7 Å². The second-order valence-corrected chi connectivity index (χ2v) is 11.6. The fourth-order valence-corrected chi connectivity index (χ4v) is 2.41. The van der Waals surface area contributed by atoms with E-state index in [-0.39, 0.29) is 11.1 Å². The fourth-order valence-electron chi connectivity index (χ4n) is 1.71. The van der Waals surface area contributed by atoms with Gasteiger partial charge in [0.2, 0.25) is 0 Å². The van der Waals surface area contributed by atoms with E-state index in [0.29, 0.717) is 41.1 Å². The van der Waals surface area contributed by atoms with E-state index in [2.05, 4.69) is 5.32 Å². The molecule has 0 saturated carbocycles. The number of benzene rings is 1. The van der Waals surface area contributed by atoms with Crippen LogP contribution >= 0.6 is 81.2 Å². The third-order valence-electron chi connectivity index (χ3n) is 2.70. The number of alkyl carbamates (subject to hydrolysis) is 1. The van der Waals surface area contributed by atoms with Crippen LogP contribution in [0.4, 0.5) is 4.79 Å². The van der Waals surface area contributed by atoms with Crippen molar-refractivity contribution < 1.29 is 19.0 Å². The van der Waals surface area contributed by atoms with Gasteiger partial charge in [-0.25, -0.2) is 4.79 Å². The monoisotopic (exact) mass is 605 g/mol. The van der Waals surface area contributed by atoms with Gasteiger partial charge in [0.25, 0.3) is 0 Å². The number of rotatable bonds is 8. The van der Waals surface area contributed by atoms with Crippen molar-refractivity contribution in [1.29, 1.82) is 0 Å². The molecule has 1 amide bonds. The minimum Gasteiger partial charge on any atom is -0.490 e. The first-order chi connectivity index (χ1) is 15.1. The van der Waals surface area contributed by atoms with Crippen LogP contribution in [0.2, 0.25) is 10.0 Å². The first-order valence-corrected chi connectivity index (χ1v) is 12.5. The summed E-state index contributed by atoms with van der Waals surface area (Å²) in [5.74, 6) is 0.814. The van der Waals surface area contributed by atoms with Crippen molar-refractivity contribution in [2.75, 3.05) is 19.8 Å². The molecule has 192 valence electrons. The van der Waals surface area contributed by atoms with Crippen LogP contribution < -0.4 is 14.8 Å². The number of alkyl halides is 3. The van der Waals surface area contributed by atoms with Gasteiger partial charge >= 0.3 is 6.09 Å². The summed E-state index contributed by atoms with van der Waals surface area (Å²) in [7, 11) is 0. The van der Waals surface area contributed by atoms with E-state index in [1.54, 1.807) is 32.9 Å². The first kappa shape index (κ1) is 35.0. The number of amides is 1. The molecule has 0 aliphatic heterocycles. The van der Waals surface area contributed by atoms with Gasteiger partial charge in [0.05, 0.1) is 16.7 Å². The molecule has 0 heterocycles. The molecule has 0 aliphatic rings. The molecule has 0 unspecified atom stereocenters. The SMILES string of the molecule is CC.CC(C)(C)OC(=O)NCCCOc1c(Cl)cc(OCC=C(Cl)Cl)cc1Cl.CC(Cl)(Cl)Cl. The smallest absolute Gasteiger partial charge is 0.407 e. The Kier molecular flexibility index (Phi) is 19.3. The number of hydrogen-bond acceptors (Lipinski definition) is 4. The highest BCUT2D eigenvalue weighted by Crippen LogP contribution is 2.37. The molecule has 0 bridgehead atoms. The summed E-state index contributed by atoms with van der Waals surface area (Å²) in [6, 6.07) is 3.16. The maximum atomic E-state index is 11.5. The van der Waals surface area contributed by atoms with E-state index in [1.807, 2.05) is 13.8 Å². The molecule has 0 aromatic heterocycles. The molecule has 0 aliphatic carbocycles. The van der Waals surface area contributed by atoms with E-state index in [1.165, 1.54) is 13.0 Å². The van der Waals surface area contributed by atoms with Gasteiger partial charge in [-0.1, -0.05) is 95.1 Å². The predicted molar refractivity (Wildman–Crippen MR) is 143 cm³/mol. The molecule has 33 heavy (non-hydrogen) atoms. The van der Waals surface area contributed by atoms with Crippen LogP contribution in [-0.4, -0.2) is 35.2 Å². The predicted octanol–water partition coefficient (Wildman–Crippen LogP) is 9.39. The molecule has 1 aromatic rings. The van der Waals surface area contributed by atoms with Gasteiger partial charge < -0.3 is 19.5 Å². The normalized spacial score (nSPS) is 10.6. The topological polar surface area (TPSA) is 56.8 Å². The van der Waals surface area contributed by atoms with Crippen molar-refractivity contribution in [3.05, 3.63) is 32.7 Å². The van der Waals surface area contributed by atoms with Crippen LogP contribution in [0.3, 0.4) is 0 Å². The zero-order chi connectivity index (χ0) is 26.2. The van der Waals surface area contributed by atoms with E-state index in [0.717, 1.165) is 0 Å². The molecule has 1 aromatic carbocycles. The van der Waals surface area contributed by atoms with Crippen LogP contribution in [0.1, 0.15) is 48.0 Å². The molecule has 1 rings (SSSR count). The molecule has 0 fully saturated rings. The van der Waals surface area contributed by atoms with Crippen molar-refractivity contribution in [2.24, 2.45) is 0 Å². The number of halogens is 7. The van der Waals surface area contributed by atoms with Crippen LogP contribution in [-0.2, 0) is 4.74 Å². The number of nitrogens with one attached hydrogen (secondary N) is 1. The average molecular weight is 609 g/mol. The summed E-state index contributed by atoms with van der Waals surface area (Å²) in [6.07, 6.45) is 1.58. The average Bonchev–Trinajstić information content (AvgIpc) is 2.62. The summed E-state index contributed by atoms with van der Waals surface area (Å²) in [5, 5.41) is 3.27. The van der Waals surface area contributed by atoms with Gasteiger partial charge in [0.15, 0.2) is 9.54 Å². The number of ether oxygens (including phenoxy) is 3. The van der Waals surface area contributed by atoms with Crippen LogP contribution in [0, 0.1) is 0 Å². The highest BCUT2D eigenvalue weighted by Gasteiger charge is 2.15. The standard InChI is InChI=1S/C17H21Cl4NO4.C2H3Cl3.C2H6/c1-17(2,3)26-16(23)22-6-4-7-25-15-12(18)9-11(10-13(15)19)24-8-5-14(20)21;1-2(3,4)5;1-2/h5,9-10H,4,6-8H2,1-3H3,(H,22,23);1H3;1-2H3. The molecule has 0 radical (unpaired) electrons. The van der Waals surface area contributed by atoms with Crippen molar-refractivity contribution in [2.45, 2.75) is 57.4 Å². The molecular formula is C21H30Cl7NO4. The van der Waals surface area contributed by atoms with Crippen molar-refractivity contribution >= 4 is 87.3 Å². The quantitative estimate of drug-likeness (QED) is 0.236. The van der Waals surface area contributed by atoms with Crippen LogP contribution in [0.15, 0.2) is 22.7 Å². The molecule has 12 heteroatoms. The molecule has 1 N–H and O–H groups in total. The Morgan fingerprint density at radius 2 is 1.48 bits per heavy atom. The Labute approximate surface area is 231 Å². The lowest BCUT2D eigenvalue weighted by Gasteiger charge is -2.19. The van der Waals surface area contributed by atoms with E-state index >= 15 is 0 Å². The van der Waals surface area contributed by atoms with Gasteiger partial charge in [-0.15, -0.1) is 0 Å². The van der Waals surface area contributed by atoms with E-state index in [9.17, 15) is 4.79 Å². The fraction of sp³-hybridized carbons (Fsp3) is 0.571. The minimum atomic E-state index is -1.08. The third kappa shape index (κ3) is 23.4. The summed E-state index contributed by atoms with van der Waals surface area (Å²) in [4.78, 5) is 11.5. The number of hydrogen-bond donors (Lipinski definition) is 1. The zero-order valence-electron chi connectivity index (χ0n) is 19.3. The van der Waals surface area contributed by atoms with Gasteiger partial charge in [-0.3, -0.25) is 0 Å². The number of carbonyl (C=O) groups excluding carboxylic acids is 1. The van der Waals surface area contributed by atoms with Gasteiger partial charge in [-0.2, -0.15) is 0 Å². The summed E-state index contributed by atoms with van der Waals surface area (Å²) >= 11 is 38.5. The minimum absolute atomic E-state index is 0.113. The van der Waals surface area contributed by atoms with Crippen LogP contribution in [0.25, 0.3) is 0 Å². The largest absolute Gasteiger partial charge is 0.490 e. The summed E-state index contributed by atoms with van der Waals surface area (Å²) in [6.45, 7) is 11.8. The Morgan fingerprint density at radius 1 is 1.00 bits per heavy atom. The maximum absolute atomic E-state index is 11.5. The Balaban J connectivity index is 0. The van der Waals surface area contributed by atoms with Gasteiger partial charge in [-0.05, 0) is 40.2 Å². The molecule has 0 spiro atoms. The molecule has 0 atom stereocenters. The Morgan fingerprint density at radius 3 is 1.91 bits per heavy atom. The lowest BCUT2D eigenvalue weighted by molar-refractivity contribution is 0.0525. The summed E-state index contributed by atoms with van der Waals surface area (Å²) in [5.41, 5.74) is -0.531. The van der Waals surface area contributed by atoms with Crippen molar-refractivity contribution in [1.82, 2.24) is 5.32 Å². The first-order valence-electron chi connectivity index (χ1n) is 9.88. The van der Waals surface area contributed by atoms with Crippen LogP contribution in [0.5, 0.6) is 11.5 Å². The maximum Gasteiger partial charge on any atom is 0.407 e. The van der Waals surface area contributed by atoms with E-state index < -0.39 is 15.5 Å². The second-order valence-electron chi connectivity index (χ2n) is 6.93. The third-order valence-corrected chi connectivity index (χ3v) is 3.57. The second kappa shape index (κ2) is 18.2. The summed E-state index contributed by atoms with van der Waals surface area (Å²) < 4.78 is 15.2. The highest BCUT2D eigenvalue weighted by atomic mass is 35.6. The molecule has 5 nitrogen and oxygen atoms in total. The highest BCUT2D eigenvalue weighted by molar-refractivity contribution is 6.67. The Hall–Kier alpha value is -0.140. The molecule has 0 saturated heterocycles. The lowest BCUT2D eigenvalue weighted by atomic mass is 10.2. The molecular weight excluding hydrogens is 578 g/mol. The lowest BCUT2D eigenvalue weighted by Crippen LogP contribution is -2.33. The van der Waals surface area contributed by atoms with Crippen molar-refractivity contribution in [3.63, 3.8) is 0 Å².